The minimum Gasteiger partial charge on any atom is -0.492 e. The van der Waals surface area contributed by atoms with E-state index in [1.807, 2.05) is 30.3 Å². The Morgan fingerprint density at radius 3 is 2.66 bits per heavy atom. The van der Waals surface area contributed by atoms with Crippen molar-refractivity contribution >= 4 is 17.8 Å². The Balaban J connectivity index is 1.36. The molecule has 2 aromatic carbocycles. The maximum Gasteiger partial charge on any atom is 0.325 e. The average molecular weight is 439 g/mol. The lowest BCUT2D eigenvalue weighted by Crippen LogP contribution is -2.43. The topological polar surface area (TPSA) is 106 Å². The number of fused-ring (bicyclic) bond motifs is 1. The Bertz CT molecular complexity index is 1010. The number of amides is 4. The molecule has 32 heavy (non-hydrogen) atoms. The Labute approximate surface area is 185 Å². The normalized spacial score (nSPS) is 19.8. The van der Waals surface area contributed by atoms with Crippen LogP contribution in [0.3, 0.4) is 0 Å². The number of hydrogen-bond acceptors (Lipinski definition) is 6. The highest BCUT2D eigenvalue weighted by Crippen LogP contribution is 2.36. The van der Waals surface area contributed by atoms with Crippen LogP contribution in [0.5, 0.6) is 17.2 Å². The SMILES string of the molecule is CC1(c2ccc3c(c2)OCCCO3)NC(=O)N(CC(=O)NCCOc2ccccc2)C1=O. The average Bonchev–Trinajstić information content (AvgIpc) is 2.96. The van der Waals surface area contributed by atoms with Gasteiger partial charge in [0.05, 0.1) is 19.8 Å². The van der Waals surface area contributed by atoms with Crippen molar-refractivity contribution in [1.29, 1.82) is 0 Å². The summed E-state index contributed by atoms with van der Waals surface area (Å²) in [4.78, 5) is 38.8. The van der Waals surface area contributed by atoms with E-state index >= 15 is 0 Å². The summed E-state index contributed by atoms with van der Waals surface area (Å²) in [6.45, 7) is 2.81. The molecule has 2 aliphatic rings. The van der Waals surface area contributed by atoms with Gasteiger partial charge in [0.1, 0.15) is 24.4 Å². The summed E-state index contributed by atoms with van der Waals surface area (Å²) in [5, 5.41) is 5.36. The first kappa shape index (κ1) is 21.5. The highest BCUT2D eigenvalue weighted by atomic mass is 16.5. The number of hydrogen-bond donors (Lipinski definition) is 2. The van der Waals surface area contributed by atoms with E-state index < -0.39 is 23.4 Å². The number of benzene rings is 2. The zero-order valence-electron chi connectivity index (χ0n) is 17.8. The first-order valence-electron chi connectivity index (χ1n) is 10.5. The molecule has 4 rings (SSSR count). The molecule has 2 N–H and O–H groups in total. The van der Waals surface area contributed by atoms with Gasteiger partial charge in [-0.3, -0.25) is 14.5 Å². The first-order valence-corrected chi connectivity index (χ1v) is 10.5. The third-order valence-corrected chi connectivity index (χ3v) is 5.34. The van der Waals surface area contributed by atoms with Crippen LogP contribution < -0.4 is 24.8 Å². The molecule has 0 bridgehead atoms. The fourth-order valence-electron chi connectivity index (χ4n) is 3.59. The molecular weight excluding hydrogens is 414 g/mol. The summed E-state index contributed by atoms with van der Waals surface area (Å²) >= 11 is 0. The fourth-order valence-corrected chi connectivity index (χ4v) is 3.59. The van der Waals surface area contributed by atoms with Gasteiger partial charge in [0.25, 0.3) is 5.91 Å². The number of carbonyl (C=O) groups is 3. The molecule has 9 heteroatoms. The molecule has 0 aromatic heterocycles. The van der Waals surface area contributed by atoms with Gasteiger partial charge in [-0.1, -0.05) is 24.3 Å². The van der Waals surface area contributed by atoms with Crippen molar-refractivity contribution in [2.24, 2.45) is 0 Å². The quantitative estimate of drug-likeness (QED) is 0.504. The summed E-state index contributed by atoms with van der Waals surface area (Å²) in [5.74, 6) is 0.862. The summed E-state index contributed by atoms with van der Waals surface area (Å²) in [5.41, 5.74) is -0.752. The summed E-state index contributed by atoms with van der Waals surface area (Å²) in [7, 11) is 0. The molecule has 0 saturated carbocycles. The number of rotatable bonds is 7. The van der Waals surface area contributed by atoms with Crippen molar-refractivity contribution in [3.63, 3.8) is 0 Å². The predicted molar refractivity (Wildman–Crippen MR) is 115 cm³/mol. The van der Waals surface area contributed by atoms with E-state index in [0.29, 0.717) is 36.0 Å². The largest absolute Gasteiger partial charge is 0.492 e. The molecule has 1 unspecified atom stereocenters. The zero-order valence-corrected chi connectivity index (χ0v) is 17.8. The smallest absolute Gasteiger partial charge is 0.325 e. The molecule has 2 heterocycles. The van der Waals surface area contributed by atoms with Crippen molar-refractivity contribution in [3.05, 3.63) is 54.1 Å². The molecule has 2 aliphatic heterocycles. The van der Waals surface area contributed by atoms with E-state index in [-0.39, 0.29) is 19.7 Å². The van der Waals surface area contributed by atoms with Crippen molar-refractivity contribution in [3.8, 4) is 17.2 Å². The van der Waals surface area contributed by atoms with E-state index in [1.165, 1.54) is 0 Å². The van der Waals surface area contributed by atoms with Crippen LogP contribution in [-0.4, -0.2) is 55.7 Å². The van der Waals surface area contributed by atoms with Crippen LogP contribution in [0.1, 0.15) is 18.9 Å². The van der Waals surface area contributed by atoms with Crippen LogP contribution in [0, 0.1) is 0 Å². The number of carbonyl (C=O) groups excluding carboxylic acids is 3. The third-order valence-electron chi connectivity index (χ3n) is 5.34. The van der Waals surface area contributed by atoms with Gasteiger partial charge < -0.3 is 24.8 Å². The highest BCUT2D eigenvalue weighted by Gasteiger charge is 2.49. The number of imide groups is 1. The third kappa shape index (κ3) is 4.46. The maximum atomic E-state index is 13.1. The maximum absolute atomic E-state index is 13.1. The van der Waals surface area contributed by atoms with Gasteiger partial charge in [0.15, 0.2) is 11.5 Å². The molecular formula is C23H25N3O6. The van der Waals surface area contributed by atoms with Gasteiger partial charge in [0.2, 0.25) is 5.91 Å². The molecule has 4 amide bonds. The van der Waals surface area contributed by atoms with Gasteiger partial charge >= 0.3 is 6.03 Å². The first-order chi connectivity index (χ1) is 15.5. The second-order valence-electron chi connectivity index (χ2n) is 7.67. The van der Waals surface area contributed by atoms with Crippen molar-refractivity contribution in [2.75, 3.05) is 32.9 Å². The molecule has 9 nitrogen and oxygen atoms in total. The minimum atomic E-state index is -1.31. The van der Waals surface area contributed by atoms with Gasteiger partial charge in [-0.25, -0.2) is 4.79 Å². The van der Waals surface area contributed by atoms with E-state index in [9.17, 15) is 14.4 Å². The monoisotopic (exact) mass is 439 g/mol. The van der Waals surface area contributed by atoms with Crippen molar-refractivity contribution in [1.82, 2.24) is 15.5 Å². The lowest BCUT2D eigenvalue weighted by atomic mass is 9.91. The molecule has 1 atom stereocenters. The van der Waals surface area contributed by atoms with Crippen molar-refractivity contribution < 1.29 is 28.6 Å². The summed E-state index contributed by atoms with van der Waals surface area (Å²) in [6, 6.07) is 13.7. The number of nitrogens with one attached hydrogen (secondary N) is 2. The lowest BCUT2D eigenvalue weighted by molar-refractivity contribution is -0.134. The number of ether oxygens (including phenoxy) is 3. The highest BCUT2D eigenvalue weighted by molar-refractivity contribution is 6.09. The summed E-state index contributed by atoms with van der Waals surface area (Å²) < 4.78 is 16.8. The molecule has 1 saturated heterocycles. The zero-order chi connectivity index (χ0) is 22.6. The number of para-hydroxylation sites is 1. The van der Waals surface area contributed by atoms with Gasteiger partial charge in [-0.15, -0.1) is 0 Å². The minimum absolute atomic E-state index is 0.247. The van der Waals surface area contributed by atoms with Crippen LogP contribution in [-0.2, 0) is 15.1 Å². The predicted octanol–water partition coefficient (Wildman–Crippen LogP) is 1.81. The molecule has 2 aromatic rings. The van der Waals surface area contributed by atoms with Crippen molar-refractivity contribution in [2.45, 2.75) is 18.9 Å². The second kappa shape index (κ2) is 9.17. The Hall–Kier alpha value is -3.75. The van der Waals surface area contributed by atoms with E-state index in [2.05, 4.69) is 10.6 Å². The van der Waals surface area contributed by atoms with E-state index in [4.69, 9.17) is 14.2 Å². The Kier molecular flexibility index (Phi) is 6.16. The van der Waals surface area contributed by atoms with Crippen LogP contribution in [0.15, 0.2) is 48.5 Å². The molecule has 168 valence electrons. The van der Waals surface area contributed by atoms with Crippen LogP contribution >= 0.6 is 0 Å². The lowest BCUT2D eigenvalue weighted by Gasteiger charge is -2.23. The van der Waals surface area contributed by atoms with E-state index in [0.717, 1.165) is 11.3 Å². The molecule has 0 aliphatic carbocycles. The van der Waals surface area contributed by atoms with Gasteiger partial charge in [-0.05, 0) is 36.8 Å². The van der Waals surface area contributed by atoms with Crippen LogP contribution in [0.25, 0.3) is 0 Å². The standard InChI is InChI=1S/C23H25N3O6/c1-23(16-8-9-18-19(14-16)32-12-5-11-31-18)21(28)26(22(29)25-23)15-20(27)24-10-13-30-17-6-3-2-4-7-17/h2-4,6-9,14H,5,10-13,15H2,1H3,(H,24,27)(H,25,29). The summed E-state index contributed by atoms with van der Waals surface area (Å²) in [6.07, 6.45) is 0.760. The molecule has 0 radical (unpaired) electrons. The number of urea groups is 1. The van der Waals surface area contributed by atoms with Gasteiger partial charge in [0, 0.05) is 6.42 Å². The second-order valence-corrected chi connectivity index (χ2v) is 7.67. The Morgan fingerprint density at radius 2 is 1.88 bits per heavy atom. The molecule has 1 fully saturated rings. The van der Waals surface area contributed by atoms with Crippen LogP contribution in [0.4, 0.5) is 4.79 Å². The molecule has 0 spiro atoms. The van der Waals surface area contributed by atoms with Gasteiger partial charge in [-0.2, -0.15) is 0 Å². The van der Waals surface area contributed by atoms with E-state index in [1.54, 1.807) is 25.1 Å². The van der Waals surface area contributed by atoms with Crippen LogP contribution in [0.2, 0.25) is 0 Å². The number of nitrogens with zero attached hydrogens (tertiary/aromatic N) is 1. The fraction of sp³-hybridized carbons (Fsp3) is 0.348. The Morgan fingerprint density at radius 1 is 1.12 bits per heavy atom.